The number of aliphatic carboxylic acids is 1. The van der Waals surface area contributed by atoms with Crippen LogP contribution in [0.3, 0.4) is 0 Å². The molecule has 2 aliphatic rings. The van der Waals surface area contributed by atoms with E-state index in [9.17, 15) is 24.8 Å². The van der Waals surface area contributed by atoms with Gasteiger partial charge in [-0.15, -0.1) is 0 Å². The van der Waals surface area contributed by atoms with E-state index in [0.717, 1.165) is 12.8 Å². The maximum atomic E-state index is 12.6. The Morgan fingerprint density at radius 3 is 2.52 bits per heavy atom. The van der Waals surface area contributed by atoms with Crippen LogP contribution in [-0.2, 0) is 4.79 Å². The number of nitro groups is 1. The molecule has 0 spiro atoms. The number of carboxylic acids is 1. The molecule has 1 saturated heterocycles. The summed E-state index contributed by atoms with van der Waals surface area (Å²) < 4.78 is 0. The van der Waals surface area contributed by atoms with Gasteiger partial charge in [-0.05, 0) is 43.2 Å². The van der Waals surface area contributed by atoms with E-state index in [4.69, 9.17) is 0 Å². The maximum absolute atomic E-state index is 12.6. The van der Waals surface area contributed by atoms with Gasteiger partial charge in [0, 0.05) is 30.8 Å². The number of nitrogens with zero attached hydrogens (tertiary/aromatic N) is 2. The van der Waals surface area contributed by atoms with Gasteiger partial charge in [-0.2, -0.15) is 0 Å². The molecule has 2 fully saturated rings. The molecule has 0 bridgehead atoms. The fourth-order valence-corrected chi connectivity index (χ4v) is 3.43. The smallest absolute Gasteiger partial charge is 0.308 e. The molecular weight excluding hydrogens is 300 g/mol. The number of hydrogen-bond donors (Lipinski definition) is 1. The van der Waals surface area contributed by atoms with Crippen LogP contribution in [0.4, 0.5) is 5.69 Å². The summed E-state index contributed by atoms with van der Waals surface area (Å²) in [5, 5.41) is 20.3. The van der Waals surface area contributed by atoms with Crippen molar-refractivity contribution in [1.82, 2.24) is 4.90 Å². The Hall–Kier alpha value is -2.44. The largest absolute Gasteiger partial charge is 0.481 e. The number of hydrogen-bond acceptors (Lipinski definition) is 4. The molecule has 1 N–H and O–H groups in total. The molecule has 7 heteroatoms. The molecule has 1 aliphatic carbocycles. The second-order valence-electron chi connectivity index (χ2n) is 6.47. The predicted molar refractivity (Wildman–Crippen MR) is 81.1 cm³/mol. The van der Waals surface area contributed by atoms with Gasteiger partial charge in [0.25, 0.3) is 11.6 Å². The van der Waals surface area contributed by atoms with Crippen molar-refractivity contribution in [2.45, 2.75) is 19.8 Å². The average molecular weight is 318 g/mol. The lowest BCUT2D eigenvalue weighted by molar-refractivity contribution is -0.384. The average Bonchev–Trinajstić information content (AvgIpc) is 3.24. The Labute approximate surface area is 133 Å². The number of non-ortho nitro benzene ring substituents is 1. The Morgan fingerprint density at radius 1 is 1.26 bits per heavy atom. The first-order valence-electron chi connectivity index (χ1n) is 7.65. The zero-order chi connectivity index (χ0) is 16.7. The highest BCUT2D eigenvalue weighted by atomic mass is 16.6. The number of benzene rings is 1. The van der Waals surface area contributed by atoms with Crippen LogP contribution in [0.5, 0.6) is 0 Å². The quantitative estimate of drug-likeness (QED) is 0.676. The van der Waals surface area contributed by atoms with Crippen LogP contribution < -0.4 is 0 Å². The predicted octanol–water partition coefficient (Wildman–Crippen LogP) is 2.09. The summed E-state index contributed by atoms with van der Waals surface area (Å²) in [6, 6.07) is 4.28. The van der Waals surface area contributed by atoms with Crippen molar-refractivity contribution < 1.29 is 19.6 Å². The molecule has 1 aromatic rings. The standard InChI is InChI=1S/C16H18N2O5/c1-9-4-11(6-12(5-9)18(22)23)15(19)17-7-13(10-2-3-10)14(8-17)16(20)21/h4-6,10,13-14H,2-3,7-8H2,1H3,(H,20,21)/t13-,14+/m1/s1. The second kappa shape index (κ2) is 5.64. The minimum Gasteiger partial charge on any atom is -0.481 e. The molecule has 2 atom stereocenters. The molecule has 1 aliphatic heterocycles. The van der Waals surface area contributed by atoms with Crippen molar-refractivity contribution in [2.24, 2.45) is 17.8 Å². The van der Waals surface area contributed by atoms with Crippen molar-refractivity contribution >= 4 is 17.6 Å². The summed E-state index contributed by atoms with van der Waals surface area (Å²) in [7, 11) is 0. The molecule has 1 amide bonds. The lowest BCUT2D eigenvalue weighted by Gasteiger charge is -2.16. The Kier molecular flexibility index (Phi) is 3.79. The number of likely N-dealkylation sites (tertiary alicyclic amines) is 1. The number of carboxylic acid groups (broad SMARTS) is 1. The van der Waals surface area contributed by atoms with Gasteiger partial charge in [-0.25, -0.2) is 0 Å². The third-order valence-electron chi connectivity index (χ3n) is 4.72. The Bertz CT molecular complexity index is 683. The van der Waals surface area contributed by atoms with Crippen LogP contribution in [0.25, 0.3) is 0 Å². The monoisotopic (exact) mass is 318 g/mol. The van der Waals surface area contributed by atoms with Gasteiger partial charge in [-0.3, -0.25) is 19.7 Å². The maximum Gasteiger partial charge on any atom is 0.308 e. The van der Waals surface area contributed by atoms with Crippen LogP contribution >= 0.6 is 0 Å². The van der Waals surface area contributed by atoms with Gasteiger partial charge in [-0.1, -0.05) is 0 Å². The summed E-state index contributed by atoms with van der Waals surface area (Å²) >= 11 is 0. The first-order valence-corrected chi connectivity index (χ1v) is 7.65. The molecule has 3 rings (SSSR count). The van der Waals surface area contributed by atoms with E-state index in [-0.39, 0.29) is 29.6 Å². The SMILES string of the molecule is Cc1cc(C(=O)N2C[C@H](C(=O)O)[C@@H](C3CC3)C2)cc([N+](=O)[O-])c1. The van der Waals surface area contributed by atoms with Crippen molar-refractivity contribution in [3.05, 3.63) is 39.4 Å². The van der Waals surface area contributed by atoms with Crippen LogP contribution in [0.2, 0.25) is 0 Å². The van der Waals surface area contributed by atoms with E-state index in [1.807, 2.05) is 0 Å². The van der Waals surface area contributed by atoms with E-state index in [2.05, 4.69) is 0 Å². The number of aryl methyl sites for hydroxylation is 1. The van der Waals surface area contributed by atoms with Gasteiger partial charge in [0.05, 0.1) is 10.8 Å². The molecule has 7 nitrogen and oxygen atoms in total. The van der Waals surface area contributed by atoms with Gasteiger partial charge in [0.1, 0.15) is 0 Å². The number of carbonyl (C=O) groups excluding carboxylic acids is 1. The lowest BCUT2D eigenvalue weighted by atomic mass is 9.92. The Morgan fingerprint density at radius 2 is 1.96 bits per heavy atom. The van der Waals surface area contributed by atoms with E-state index in [0.29, 0.717) is 18.0 Å². The molecule has 23 heavy (non-hydrogen) atoms. The zero-order valence-corrected chi connectivity index (χ0v) is 12.8. The molecular formula is C16H18N2O5. The van der Waals surface area contributed by atoms with E-state index in [1.165, 1.54) is 17.0 Å². The first kappa shape index (κ1) is 15.5. The first-order chi connectivity index (χ1) is 10.9. The summed E-state index contributed by atoms with van der Waals surface area (Å²) in [5.41, 5.74) is 0.758. The highest BCUT2D eigenvalue weighted by Gasteiger charge is 2.47. The van der Waals surface area contributed by atoms with Crippen LogP contribution in [0.1, 0.15) is 28.8 Å². The molecule has 1 aromatic carbocycles. The van der Waals surface area contributed by atoms with E-state index < -0.39 is 16.8 Å². The van der Waals surface area contributed by atoms with Crippen molar-refractivity contribution in [1.29, 1.82) is 0 Å². The summed E-state index contributed by atoms with van der Waals surface area (Å²) in [4.78, 5) is 36.0. The molecule has 1 heterocycles. The zero-order valence-electron chi connectivity index (χ0n) is 12.8. The third kappa shape index (κ3) is 3.04. The summed E-state index contributed by atoms with van der Waals surface area (Å²) in [6.07, 6.45) is 2.04. The van der Waals surface area contributed by atoms with Gasteiger partial charge in [0.15, 0.2) is 0 Å². The van der Waals surface area contributed by atoms with Crippen LogP contribution in [0.15, 0.2) is 18.2 Å². The molecule has 1 saturated carbocycles. The Balaban J connectivity index is 1.83. The third-order valence-corrected chi connectivity index (χ3v) is 4.72. The van der Waals surface area contributed by atoms with Crippen LogP contribution in [-0.4, -0.2) is 39.9 Å². The van der Waals surface area contributed by atoms with Crippen molar-refractivity contribution in [3.63, 3.8) is 0 Å². The van der Waals surface area contributed by atoms with Crippen molar-refractivity contribution in [3.8, 4) is 0 Å². The molecule has 0 unspecified atom stereocenters. The van der Waals surface area contributed by atoms with Crippen molar-refractivity contribution in [2.75, 3.05) is 13.1 Å². The van der Waals surface area contributed by atoms with Gasteiger partial charge >= 0.3 is 5.97 Å². The highest BCUT2D eigenvalue weighted by Crippen LogP contribution is 2.44. The number of amides is 1. The molecule has 122 valence electrons. The fraction of sp³-hybridized carbons (Fsp3) is 0.500. The number of rotatable bonds is 4. The van der Waals surface area contributed by atoms with Gasteiger partial charge < -0.3 is 10.0 Å². The molecule has 0 radical (unpaired) electrons. The van der Waals surface area contributed by atoms with E-state index >= 15 is 0 Å². The molecule has 0 aromatic heterocycles. The second-order valence-corrected chi connectivity index (χ2v) is 6.47. The van der Waals surface area contributed by atoms with E-state index in [1.54, 1.807) is 13.0 Å². The number of nitro benzene ring substituents is 1. The summed E-state index contributed by atoms with van der Waals surface area (Å²) in [5.74, 6) is -1.35. The summed E-state index contributed by atoms with van der Waals surface area (Å²) in [6.45, 7) is 2.29. The normalized spacial score (nSPS) is 23.8. The highest BCUT2D eigenvalue weighted by molar-refractivity contribution is 5.95. The van der Waals surface area contributed by atoms with Crippen LogP contribution in [0, 0.1) is 34.8 Å². The fourth-order valence-electron chi connectivity index (χ4n) is 3.43. The minimum absolute atomic E-state index is 0.00348. The van der Waals surface area contributed by atoms with Gasteiger partial charge in [0.2, 0.25) is 0 Å². The lowest BCUT2D eigenvalue weighted by Crippen LogP contribution is -2.30. The minimum atomic E-state index is -0.868. The topological polar surface area (TPSA) is 101 Å². The number of carbonyl (C=O) groups is 2.